The summed E-state index contributed by atoms with van der Waals surface area (Å²) in [6.45, 7) is 0. The number of hydrogen-bond donors (Lipinski definition) is 0. The zero-order valence-electron chi connectivity index (χ0n) is 18.8. The van der Waals surface area contributed by atoms with E-state index in [9.17, 15) is 0 Å². The van der Waals surface area contributed by atoms with Crippen molar-refractivity contribution in [2.24, 2.45) is 0 Å². The Labute approximate surface area is 224 Å². The molecule has 1 aliphatic rings. The van der Waals surface area contributed by atoms with Gasteiger partial charge in [0.1, 0.15) is 0 Å². The Balaban J connectivity index is 1.48. The van der Waals surface area contributed by atoms with Crippen LogP contribution in [0.25, 0.3) is 34.5 Å². The molecule has 0 N–H and O–H groups in total. The fourth-order valence-corrected chi connectivity index (χ4v) is 9.13. The van der Waals surface area contributed by atoms with E-state index in [2.05, 4.69) is 126 Å². The minimum absolute atomic E-state index is 0.253. The zero-order chi connectivity index (χ0) is 23.5. The molecule has 0 unspecified atom stereocenters. The van der Waals surface area contributed by atoms with E-state index in [1.54, 1.807) is 22.7 Å². The number of thiophene rings is 2. The van der Waals surface area contributed by atoms with E-state index in [1.165, 1.54) is 50.7 Å². The van der Waals surface area contributed by atoms with Crippen molar-refractivity contribution in [1.29, 1.82) is 0 Å². The van der Waals surface area contributed by atoms with Crippen LogP contribution in [0.5, 0.6) is 0 Å². The second-order valence-corrected chi connectivity index (χ2v) is 13.3. The van der Waals surface area contributed by atoms with Crippen LogP contribution in [-0.4, -0.2) is 15.0 Å². The monoisotopic (exact) mass is 569 g/mol. The third kappa shape index (κ3) is 5.23. The Morgan fingerprint density at radius 3 is 1.57 bits per heavy atom. The predicted octanol–water partition coefficient (Wildman–Crippen LogP) is 9.67. The molecule has 1 aliphatic heterocycles. The van der Waals surface area contributed by atoms with Crippen LogP contribution >= 0.6 is 34.0 Å². The fourth-order valence-electron chi connectivity index (χ4n) is 3.97. The first-order valence-corrected chi connectivity index (χ1v) is 15.6. The Morgan fingerprint density at radius 1 is 0.600 bits per heavy atom. The van der Waals surface area contributed by atoms with Gasteiger partial charge in [-0.15, -0.1) is 0 Å². The number of allylic oxidation sites excluding steroid dienone is 3. The first-order chi connectivity index (χ1) is 17.3. The van der Waals surface area contributed by atoms with Crippen molar-refractivity contribution in [2.45, 2.75) is 0 Å². The molecule has 0 radical (unpaired) electrons. The zero-order valence-corrected chi connectivity index (χ0v) is 22.9. The van der Waals surface area contributed by atoms with Gasteiger partial charge in [0, 0.05) is 0 Å². The maximum atomic E-state index is 2.38. The van der Waals surface area contributed by atoms with Gasteiger partial charge >= 0.3 is 226 Å². The summed E-state index contributed by atoms with van der Waals surface area (Å²) in [6.07, 6.45) is 7.11. The van der Waals surface area contributed by atoms with Crippen LogP contribution in [-0.2, 0) is 0 Å². The van der Waals surface area contributed by atoms with Crippen molar-refractivity contribution >= 4 is 64.0 Å². The molecule has 0 bridgehead atoms. The van der Waals surface area contributed by atoms with Crippen molar-refractivity contribution in [1.82, 2.24) is 0 Å². The van der Waals surface area contributed by atoms with Crippen LogP contribution < -0.4 is 0 Å². The number of hydrogen-bond acceptors (Lipinski definition) is 2. The molecule has 0 saturated heterocycles. The van der Waals surface area contributed by atoms with Gasteiger partial charge < -0.3 is 0 Å². The third-order valence-corrected chi connectivity index (χ3v) is 11.2. The van der Waals surface area contributed by atoms with Gasteiger partial charge in [0.05, 0.1) is 0 Å². The molecule has 0 aliphatic carbocycles. The first-order valence-electron chi connectivity index (χ1n) is 11.3. The van der Waals surface area contributed by atoms with Crippen LogP contribution in [0.15, 0.2) is 126 Å². The second kappa shape index (κ2) is 10.4. The molecule has 4 heteroatoms. The Morgan fingerprint density at radius 2 is 1.11 bits per heavy atom. The summed E-state index contributed by atoms with van der Waals surface area (Å²) >= 11 is 5.73. The van der Waals surface area contributed by atoms with Crippen molar-refractivity contribution in [3.8, 4) is 19.5 Å². The van der Waals surface area contributed by atoms with Crippen LogP contribution in [0.1, 0.15) is 16.7 Å². The number of benzene rings is 2. The van der Waals surface area contributed by atoms with Crippen LogP contribution in [0.4, 0.5) is 0 Å². The summed E-state index contributed by atoms with van der Waals surface area (Å²) < 4.78 is 2.84. The summed E-state index contributed by atoms with van der Waals surface area (Å²) in [7, 11) is 0. The van der Waals surface area contributed by atoms with Gasteiger partial charge in [0.15, 0.2) is 0 Å². The van der Waals surface area contributed by atoms with Gasteiger partial charge in [-0.25, -0.2) is 0 Å². The van der Waals surface area contributed by atoms with Crippen molar-refractivity contribution in [3.63, 3.8) is 0 Å². The average molecular weight is 569 g/mol. The van der Waals surface area contributed by atoms with Crippen molar-refractivity contribution < 1.29 is 0 Å². The quantitative estimate of drug-likeness (QED) is 0.146. The Hall–Kier alpha value is -2.85. The summed E-state index contributed by atoms with van der Waals surface area (Å²) in [4.78, 5) is 5.27. The molecule has 0 atom stereocenters. The molecule has 168 valence electrons. The second-order valence-electron chi connectivity index (χ2n) is 8.07. The molecule has 3 aromatic heterocycles. The molecule has 0 amide bonds. The third-order valence-electron chi connectivity index (χ3n) is 5.61. The molecule has 0 saturated carbocycles. The van der Waals surface area contributed by atoms with E-state index in [1.807, 2.05) is 11.3 Å². The van der Waals surface area contributed by atoms with Crippen LogP contribution in [0.2, 0.25) is 0 Å². The summed E-state index contributed by atoms with van der Waals surface area (Å²) in [6, 6.07) is 35.0. The van der Waals surface area contributed by atoms with Crippen molar-refractivity contribution in [3.05, 3.63) is 142 Å². The molecule has 6 rings (SSSR count). The van der Waals surface area contributed by atoms with E-state index < -0.39 is 0 Å². The molecule has 4 heterocycles. The fraction of sp³-hybridized carbons (Fsp3) is 0. The molecule has 0 fully saturated rings. The van der Waals surface area contributed by atoms with Crippen molar-refractivity contribution in [2.75, 3.05) is 0 Å². The predicted molar refractivity (Wildman–Crippen MR) is 158 cm³/mol. The van der Waals surface area contributed by atoms with E-state index in [-0.39, 0.29) is 15.0 Å². The molecular weight excluding hydrogens is 548 g/mol. The Bertz CT molecular complexity index is 1420. The normalized spacial score (nSPS) is 13.3. The van der Waals surface area contributed by atoms with Gasteiger partial charge in [0.25, 0.3) is 0 Å². The van der Waals surface area contributed by atoms with E-state index in [4.69, 9.17) is 0 Å². The van der Waals surface area contributed by atoms with Gasteiger partial charge in [-0.1, -0.05) is 0 Å². The number of rotatable bonds is 5. The van der Waals surface area contributed by atoms with E-state index >= 15 is 0 Å². The molecule has 2 aromatic carbocycles. The van der Waals surface area contributed by atoms with Crippen LogP contribution in [0.3, 0.4) is 0 Å². The van der Waals surface area contributed by atoms with Gasteiger partial charge in [-0.2, -0.15) is 0 Å². The molecule has 5 aromatic rings. The molecular formula is C31H21S3Se+. The first kappa shape index (κ1) is 22.6. The van der Waals surface area contributed by atoms with E-state index in [0.717, 1.165) is 0 Å². The summed E-state index contributed by atoms with van der Waals surface area (Å²) in [5, 5.41) is 4.32. The summed E-state index contributed by atoms with van der Waals surface area (Å²) in [5.74, 6) is 0. The molecule has 0 nitrogen and oxygen atoms in total. The van der Waals surface area contributed by atoms with Gasteiger partial charge in [0.2, 0.25) is 0 Å². The minimum atomic E-state index is 0.253. The standard InChI is InChI=1S/C31H21S3Se/c1-3-9-24(10-4-1)30-20-23(21-31(35-30)25-11-5-2-6-12-25)17-22-18-28(26-13-7-15-32-26)34-29(19-22)27-14-8-16-33-27/h1-21H/q+1. The Kier molecular flexibility index (Phi) is 6.72. The molecule has 0 spiro atoms. The topological polar surface area (TPSA) is 0 Å². The van der Waals surface area contributed by atoms with Gasteiger partial charge in [-0.05, 0) is 0 Å². The SMILES string of the molecule is C(=C1C=C(c2ccccc2)[Se]C(c2ccccc2)=C1)c1cc(-c2cccs2)[s+]c(-c2cccs2)c1. The van der Waals surface area contributed by atoms with Gasteiger partial charge in [-0.3, -0.25) is 0 Å². The average Bonchev–Trinajstić information content (AvgIpc) is 3.65. The summed E-state index contributed by atoms with van der Waals surface area (Å²) in [5.41, 5.74) is 5.12. The maximum absolute atomic E-state index is 2.38. The van der Waals surface area contributed by atoms with Crippen LogP contribution in [0, 0.1) is 0 Å². The van der Waals surface area contributed by atoms with E-state index in [0.29, 0.717) is 0 Å². The molecule has 35 heavy (non-hydrogen) atoms.